The van der Waals surface area contributed by atoms with Gasteiger partial charge in [-0.25, -0.2) is 0 Å². The number of nitrogens with zero attached hydrogens (tertiary/aromatic N) is 2. The Morgan fingerprint density at radius 2 is 1.89 bits per heavy atom. The molecular weight excluding hydrogens is 464 g/mol. The van der Waals surface area contributed by atoms with E-state index in [0.29, 0.717) is 43.2 Å². The highest BCUT2D eigenvalue weighted by molar-refractivity contribution is 6.46. The lowest BCUT2D eigenvalue weighted by molar-refractivity contribution is -0.140. The predicted molar refractivity (Wildman–Crippen MR) is 133 cm³/mol. The number of aliphatic hydroxyl groups excluding tert-OH is 1. The van der Waals surface area contributed by atoms with Crippen molar-refractivity contribution in [1.29, 1.82) is 0 Å². The van der Waals surface area contributed by atoms with Gasteiger partial charge in [0.2, 0.25) is 0 Å². The van der Waals surface area contributed by atoms with Crippen LogP contribution < -0.4 is 9.47 Å². The molecular formula is C27H32N2O7. The predicted octanol–water partition coefficient (Wildman–Crippen LogP) is 2.94. The van der Waals surface area contributed by atoms with E-state index in [-0.39, 0.29) is 29.4 Å². The third-order valence-corrected chi connectivity index (χ3v) is 6.40. The number of morpholine rings is 1. The fourth-order valence-electron chi connectivity index (χ4n) is 4.50. The molecule has 0 bridgehead atoms. The van der Waals surface area contributed by atoms with Gasteiger partial charge in [0.1, 0.15) is 11.5 Å². The first-order valence-electron chi connectivity index (χ1n) is 12.1. The molecule has 1 amide bonds. The van der Waals surface area contributed by atoms with E-state index in [0.717, 1.165) is 19.5 Å². The van der Waals surface area contributed by atoms with E-state index in [1.54, 1.807) is 36.4 Å². The minimum Gasteiger partial charge on any atom is -0.507 e. The Morgan fingerprint density at radius 1 is 1.11 bits per heavy atom. The molecule has 2 fully saturated rings. The lowest BCUT2D eigenvalue weighted by Crippen LogP contribution is -2.42. The van der Waals surface area contributed by atoms with Crippen LogP contribution in [-0.2, 0) is 14.3 Å². The molecule has 36 heavy (non-hydrogen) atoms. The van der Waals surface area contributed by atoms with Crippen LogP contribution >= 0.6 is 0 Å². The summed E-state index contributed by atoms with van der Waals surface area (Å²) in [5.74, 6) is -1.01. The van der Waals surface area contributed by atoms with E-state index in [9.17, 15) is 19.8 Å². The Bertz CT molecular complexity index is 1140. The Morgan fingerprint density at radius 3 is 2.61 bits per heavy atom. The van der Waals surface area contributed by atoms with Gasteiger partial charge in [-0.2, -0.15) is 0 Å². The molecule has 0 aromatic heterocycles. The fourth-order valence-corrected chi connectivity index (χ4v) is 4.50. The number of rotatable bonds is 9. The van der Waals surface area contributed by atoms with Gasteiger partial charge in [0.25, 0.3) is 11.7 Å². The zero-order valence-electron chi connectivity index (χ0n) is 20.6. The van der Waals surface area contributed by atoms with E-state index in [1.165, 1.54) is 18.1 Å². The van der Waals surface area contributed by atoms with E-state index in [2.05, 4.69) is 4.90 Å². The van der Waals surface area contributed by atoms with Crippen molar-refractivity contribution in [2.75, 3.05) is 53.1 Å². The summed E-state index contributed by atoms with van der Waals surface area (Å²) in [5.41, 5.74) is 0.915. The quantitative estimate of drug-likeness (QED) is 0.310. The monoisotopic (exact) mass is 496 g/mol. The first-order chi connectivity index (χ1) is 17.4. The van der Waals surface area contributed by atoms with E-state index >= 15 is 0 Å². The summed E-state index contributed by atoms with van der Waals surface area (Å²) < 4.78 is 16.4. The number of ketones is 1. The number of phenolic OH excluding ortho intramolecular Hbond substituents is 1. The van der Waals surface area contributed by atoms with Crippen LogP contribution in [0.15, 0.2) is 48.0 Å². The first kappa shape index (κ1) is 25.5. The molecule has 4 rings (SSSR count). The van der Waals surface area contributed by atoms with Crippen LogP contribution in [0, 0.1) is 0 Å². The molecule has 1 unspecified atom stereocenters. The smallest absolute Gasteiger partial charge is 0.295 e. The molecule has 0 radical (unpaired) electrons. The van der Waals surface area contributed by atoms with E-state index < -0.39 is 17.7 Å². The van der Waals surface area contributed by atoms with Crippen LogP contribution in [0.2, 0.25) is 0 Å². The third kappa shape index (κ3) is 5.32. The number of amides is 1. The van der Waals surface area contributed by atoms with Crippen molar-refractivity contribution < 1.29 is 34.0 Å². The highest BCUT2D eigenvalue weighted by atomic mass is 16.5. The number of hydrogen-bond acceptors (Lipinski definition) is 8. The average molecular weight is 497 g/mol. The van der Waals surface area contributed by atoms with Gasteiger partial charge in [-0.3, -0.25) is 14.5 Å². The summed E-state index contributed by atoms with van der Waals surface area (Å²) in [6.45, 7) is 6.08. The van der Waals surface area contributed by atoms with Gasteiger partial charge in [-0.1, -0.05) is 25.1 Å². The second kappa shape index (κ2) is 11.5. The van der Waals surface area contributed by atoms with Gasteiger partial charge in [0.15, 0.2) is 11.5 Å². The van der Waals surface area contributed by atoms with Gasteiger partial charge < -0.3 is 29.3 Å². The number of carbonyl (C=O) groups is 2. The van der Waals surface area contributed by atoms with Crippen molar-refractivity contribution in [1.82, 2.24) is 9.80 Å². The molecule has 2 heterocycles. The topological polar surface area (TPSA) is 109 Å². The summed E-state index contributed by atoms with van der Waals surface area (Å²) in [5, 5.41) is 21.4. The summed E-state index contributed by atoms with van der Waals surface area (Å²) in [7, 11) is 1.43. The Hall–Kier alpha value is -3.56. The summed E-state index contributed by atoms with van der Waals surface area (Å²) in [6.07, 6.45) is 0.827. The maximum absolute atomic E-state index is 13.3. The summed E-state index contributed by atoms with van der Waals surface area (Å²) in [4.78, 5) is 30.2. The summed E-state index contributed by atoms with van der Waals surface area (Å²) in [6, 6.07) is 10.6. The molecule has 9 nitrogen and oxygen atoms in total. The number of hydrogen-bond donors (Lipinski definition) is 2. The number of aromatic hydroxyl groups is 1. The maximum atomic E-state index is 13.3. The van der Waals surface area contributed by atoms with Crippen LogP contribution in [0.3, 0.4) is 0 Å². The molecule has 0 spiro atoms. The molecule has 2 aromatic carbocycles. The Balaban J connectivity index is 1.75. The molecule has 2 aliphatic heterocycles. The van der Waals surface area contributed by atoms with Crippen LogP contribution in [0.1, 0.15) is 30.5 Å². The second-order valence-electron chi connectivity index (χ2n) is 8.75. The lowest BCUT2D eigenvalue weighted by atomic mass is 9.95. The van der Waals surface area contributed by atoms with Gasteiger partial charge in [0, 0.05) is 31.7 Å². The summed E-state index contributed by atoms with van der Waals surface area (Å²) >= 11 is 0. The van der Waals surface area contributed by atoms with E-state index in [4.69, 9.17) is 14.2 Å². The zero-order chi connectivity index (χ0) is 25.7. The number of aliphatic hydroxyl groups is 1. The Labute approximate surface area is 210 Å². The molecule has 9 heteroatoms. The number of benzene rings is 2. The van der Waals surface area contributed by atoms with Crippen LogP contribution in [0.25, 0.3) is 5.76 Å². The van der Waals surface area contributed by atoms with Crippen LogP contribution in [0.5, 0.6) is 17.2 Å². The van der Waals surface area contributed by atoms with Crippen LogP contribution in [0.4, 0.5) is 0 Å². The fraction of sp³-hybridized carbons (Fsp3) is 0.407. The molecule has 2 saturated heterocycles. The maximum Gasteiger partial charge on any atom is 0.295 e. The SMILES string of the molecule is CCCOc1cccc(/C(O)=C2\C(=O)C(=O)N(CCN3CCOCC3)C2c2ccc(O)c(OC)c2)c1. The van der Waals surface area contributed by atoms with Gasteiger partial charge in [-0.15, -0.1) is 0 Å². The van der Waals surface area contributed by atoms with Crippen molar-refractivity contribution >= 4 is 17.4 Å². The molecule has 2 N–H and O–H groups in total. The van der Waals surface area contributed by atoms with Crippen LogP contribution in [-0.4, -0.2) is 84.8 Å². The largest absolute Gasteiger partial charge is 0.507 e. The lowest BCUT2D eigenvalue weighted by Gasteiger charge is -2.31. The minimum absolute atomic E-state index is 0.0117. The van der Waals surface area contributed by atoms with E-state index in [1.807, 2.05) is 6.92 Å². The van der Waals surface area contributed by atoms with Gasteiger partial charge in [0.05, 0.1) is 38.5 Å². The number of likely N-dealkylation sites (tertiary alicyclic amines) is 1. The van der Waals surface area contributed by atoms with Gasteiger partial charge in [-0.05, 0) is 36.2 Å². The molecule has 0 saturated carbocycles. The molecule has 1 atom stereocenters. The van der Waals surface area contributed by atoms with Crippen molar-refractivity contribution in [2.45, 2.75) is 19.4 Å². The molecule has 2 aliphatic rings. The third-order valence-electron chi connectivity index (χ3n) is 6.40. The molecule has 2 aromatic rings. The number of phenols is 1. The zero-order valence-corrected chi connectivity index (χ0v) is 20.6. The van der Waals surface area contributed by atoms with Crippen molar-refractivity contribution in [2.24, 2.45) is 0 Å². The highest BCUT2D eigenvalue weighted by Gasteiger charge is 2.46. The normalized spacial score (nSPS) is 20.1. The van der Waals surface area contributed by atoms with Crippen molar-refractivity contribution in [3.63, 3.8) is 0 Å². The average Bonchev–Trinajstić information content (AvgIpc) is 3.16. The second-order valence-corrected chi connectivity index (χ2v) is 8.75. The number of carbonyl (C=O) groups excluding carboxylic acids is 2. The van der Waals surface area contributed by atoms with Crippen molar-refractivity contribution in [3.05, 3.63) is 59.2 Å². The van der Waals surface area contributed by atoms with Gasteiger partial charge >= 0.3 is 0 Å². The number of Topliss-reactive ketones (excluding diaryl/α,β-unsaturated/α-hetero) is 1. The Kier molecular flexibility index (Phi) is 8.12. The minimum atomic E-state index is -0.847. The number of methoxy groups -OCH3 is 1. The molecule has 192 valence electrons. The first-order valence-corrected chi connectivity index (χ1v) is 12.1. The molecule has 0 aliphatic carbocycles. The number of ether oxygens (including phenoxy) is 3. The standard InChI is InChI=1S/C27H32N2O7/c1-3-13-36-20-6-4-5-19(16-20)25(31)23-24(18-7-8-21(30)22(17-18)34-2)29(27(33)26(23)32)10-9-28-11-14-35-15-12-28/h4-8,16-17,24,30-31H,3,9-15H2,1-2H3/b25-23+. The highest BCUT2D eigenvalue weighted by Crippen LogP contribution is 2.42. The van der Waals surface area contributed by atoms with Crippen molar-refractivity contribution in [3.8, 4) is 17.2 Å².